The zero-order valence-electron chi connectivity index (χ0n) is 12.6. The van der Waals surface area contributed by atoms with E-state index < -0.39 is 11.7 Å². The van der Waals surface area contributed by atoms with Gasteiger partial charge in [0.15, 0.2) is 0 Å². The Hall–Kier alpha value is -1.23. The Morgan fingerprint density at radius 1 is 1.29 bits per heavy atom. The SMILES string of the molecule is CCCCN(C)c1ccc(CNC2CC2)cc1C(F)(F)F. The first-order valence-corrected chi connectivity index (χ1v) is 7.56. The standard InChI is InChI=1S/C16H23F3N2/c1-3-4-9-21(2)15-8-5-12(11-20-13-6-7-13)10-14(15)16(17,18)19/h5,8,10,13,20H,3-4,6-7,9,11H2,1-2H3. The first kappa shape index (κ1) is 16.1. The van der Waals surface area contributed by atoms with E-state index in [1.807, 2.05) is 6.92 Å². The Morgan fingerprint density at radius 3 is 2.57 bits per heavy atom. The van der Waals surface area contributed by atoms with Gasteiger partial charge < -0.3 is 10.2 Å². The molecule has 0 bridgehead atoms. The van der Waals surface area contributed by atoms with Gasteiger partial charge in [0, 0.05) is 31.9 Å². The second kappa shape index (κ2) is 6.69. The number of unbranched alkanes of at least 4 members (excludes halogenated alkanes) is 1. The van der Waals surface area contributed by atoms with Crippen LogP contribution in [0.5, 0.6) is 0 Å². The zero-order chi connectivity index (χ0) is 15.5. The quantitative estimate of drug-likeness (QED) is 0.812. The summed E-state index contributed by atoms with van der Waals surface area (Å²) in [5.41, 5.74) is 0.434. The lowest BCUT2D eigenvalue weighted by Crippen LogP contribution is -2.23. The van der Waals surface area contributed by atoms with Crippen LogP contribution in [0.2, 0.25) is 0 Å². The Kier molecular flexibility index (Phi) is 5.14. The molecule has 0 atom stereocenters. The molecule has 0 radical (unpaired) electrons. The number of rotatable bonds is 7. The minimum absolute atomic E-state index is 0.270. The van der Waals surface area contributed by atoms with Crippen molar-refractivity contribution in [2.75, 3.05) is 18.5 Å². The summed E-state index contributed by atoms with van der Waals surface area (Å²) >= 11 is 0. The van der Waals surface area contributed by atoms with Gasteiger partial charge in [-0.2, -0.15) is 13.2 Å². The number of benzene rings is 1. The van der Waals surface area contributed by atoms with Crippen molar-refractivity contribution < 1.29 is 13.2 Å². The molecule has 0 unspecified atom stereocenters. The third-order valence-electron chi connectivity index (χ3n) is 3.80. The second-order valence-corrected chi connectivity index (χ2v) is 5.78. The van der Waals surface area contributed by atoms with Gasteiger partial charge >= 0.3 is 6.18 Å². The zero-order valence-corrected chi connectivity index (χ0v) is 12.6. The molecule has 21 heavy (non-hydrogen) atoms. The van der Waals surface area contributed by atoms with Crippen LogP contribution in [0.4, 0.5) is 18.9 Å². The van der Waals surface area contributed by atoms with E-state index >= 15 is 0 Å². The number of halogens is 3. The van der Waals surface area contributed by atoms with Gasteiger partial charge in [-0.25, -0.2) is 0 Å². The molecule has 118 valence electrons. The highest BCUT2D eigenvalue weighted by atomic mass is 19.4. The Labute approximate surface area is 124 Å². The van der Waals surface area contributed by atoms with Gasteiger partial charge in [-0.05, 0) is 37.0 Å². The number of hydrogen-bond donors (Lipinski definition) is 1. The van der Waals surface area contributed by atoms with Crippen molar-refractivity contribution in [2.45, 2.75) is 51.4 Å². The molecule has 0 heterocycles. The molecule has 1 saturated carbocycles. The average Bonchev–Trinajstić information content (AvgIpc) is 3.25. The fourth-order valence-electron chi connectivity index (χ4n) is 2.32. The molecule has 2 nitrogen and oxygen atoms in total. The van der Waals surface area contributed by atoms with E-state index in [2.05, 4.69) is 5.32 Å². The minimum atomic E-state index is -4.31. The molecule has 1 aromatic carbocycles. The summed E-state index contributed by atoms with van der Waals surface area (Å²) in [5.74, 6) is 0. The van der Waals surface area contributed by atoms with Gasteiger partial charge in [0.25, 0.3) is 0 Å². The molecule has 0 aliphatic heterocycles. The third kappa shape index (κ3) is 4.63. The summed E-state index contributed by atoms with van der Waals surface area (Å²) < 4.78 is 39.8. The van der Waals surface area contributed by atoms with Gasteiger partial charge in [0.1, 0.15) is 0 Å². The number of alkyl halides is 3. The monoisotopic (exact) mass is 300 g/mol. The fraction of sp³-hybridized carbons (Fsp3) is 0.625. The van der Waals surface area contributed by atoms with Gasteiger partial charge in [-0.15, -0.1) is 0 Å². The molecular formula is C16H23F3N2. The van der Waals surface area contributed by atoms with Crippen molar-refractivity contribution in [1.82, 2.24) is 5.32 Å². The van der Waals surface area contributed by atoms with Gasteiger partial charge in [-0.1, -0.05) is 19.4 Å². The van der Waals surface area contributed by atoms with Gasteiger partial charge in [-0.3, -0.25) is 0 Å². The Morgan fingerprint density at radius 2 is 2.00 bits per heavy atom. The molecule has 1 aliphatic rings. The molecule has 0 amide bonds. The molecule has 0 saturated heterocycles. The van der Waals surface area contributed by atoms with Crippen LogP contribution in [-0.2, 0) is 12.7 Å². The van der Waals surface area contributed by atoms with Crippen molar-refractivity contribution >= 4 is 5.69 Å². The molecule has 1 N–H and O–H groups in total. The summed E-state index contributed by atoms with van der Waals surface area (Å²) in [6.45, 7) is 3.18. The topological polar surface area (TPSA) is 15.3 Å². The highest BCUT2D eigenvalue weighted by Crippen LogP contribution is 2.37. The van der Waals surface area contributed by atoms with Gasteiger partial charge in [0.2, 0.25) is 0 Å². The number of nitrogens with zero attached hydrogens (tertiary/aromatic N) is 1. The van der Waals surface area contributed by atoms with Crippen molar-refractivity contribution in [1.29, 1.82) is 0 Å². The molecule has 2 rings (SSSR count). The number of nitrogens with one attached hydrogen (secondary N) is 1. The van der Waals surface area contributed by atoms with Crippen molar-refractivity contribution in [3.8, 4) is 0 Å². The Bertz CT molecular complexity index is 467. The van der Waals surface area contributed by atoms with E-state index in [0.29, 0.717) is 24.7 Å². The second-order valence-electron chi connectivity index (χ2n) is 5.78. The lowest BCUT2D eigenvalue weighted by Gasteiger charge is -2.24. The normalized spacial score (nSPS) is 15.3. The Balaban J connectivity index is 2.17. The highest BCUT2D eigenvalue weighted by molar-refractivity contribution is 5.56. The van der Waals surface area contributed by atoms with Crippen LogP contribution in [0.15, 0.2) is 18.2 Å². The maximum absolute atomic E-state index is 13.3. The van der Waals surface area contributed by atoms with Crippen LogP contribution in [0.3, 0.4) is 0 Å². The van der Waals surface area contributed by atoms with E-state index in [-0.39, 0.29) is 5.69 Å². The predicted octanol–water partition coefficient (Wildman–Crippen LogP) is 4.19. The number of anilines is 1. The largest absolute Gasteiger partial charge is 0.418 e. The first-order valence-electron chi connectivity index (χ1n) is 7.56. The molecule has 1 aromatic rings. The van der Waals surface area contributed by atoms with E-state index in [1.54, 1.807) is 24.1 Å². The van der Waals surface area contributed by atoms with E-state index in [4.69, 9.17) is 0 Å². The maximum atomic E-state index is 13.3. The average molecular weight is 300 g/mol. The van der Waals surface area contributed by atoms with Gasteiger partial charge in [0.05, 0.1) is 5.56 Å². The summed E-state index contributed by atoms with van der Waals surface area (Å²) in [7, 11) is 1.72. The fourth-order valence-corrected chi connectivity index (χ4v) is 2.32. The smallest absolute Gasteiger partial charge is 0.374 e. The maximum Gasteiger partial charge on any atom is 0.418 e. The summed E-state index contributed by atoms with van der Waals surface area (Å²) in [5, 5.41) is 3.25. The molecule has 1 aliphatic carbocycles. The summed E-state index contributed by atoms with van der Waals surface area (Å²) in [6, 6.07) is 5.17. The molecule has 5 heteroatoms. The molecular weight excluding hydrogens is 277 g/mol. The van der Waals surface area contributed by atoms with E-state index in [9.17, 15) is 13.2 Å². The third-order valence-corrected chi connectivity index (χ3v) is 3.80. The highest BCUT2D eigenvalue weighted by Gasteiger charge is 2.34. The first-order chi connectivity index (χ1) is 9.91. The summed E-state index contributed by atoms with van der Waals surface area (Å²) in [4.78, 5) is 1.70. The van der Waals surface area contributed by atoms with E-state index in [0.717, 1.165) is 25.7 Å². The molecule has 0 spiro atoms. The minimum Gasteiger partial charge on any atom is -0.374 e. The van der Waals surface area contributed by atoms with Crippen LogP contribution in [-0.4, -0.2) is 19.6 Å². The van der Waals surface area contributed by atoms with E-state index in [1.165, 1.54) is 6.07 Å². The lowest BCUT2D eigenvalue weighted by molar-refractivity contribution is -0.137. The summed E-state index contributed by atoms with van der Waals surface area (Å²) in [6.07, 6.45) is -0.201. The molecule has 1 fully saturated rings. The molecule has 0 aromatic heterocycles. The van der Waals surface area contributed by atoms with Crippen LogP contribution in [0, 0.1) is 0 Å². The van der Waals surface area contributed by atoms with Crippen molar-refractivity contribution in [3.63, 3.8) is 0 Å². The van der Waals surface area contributed by atoms with Crippen LogP contribution in [0.1, 0.15) is 43.7 Å². The van der Waals surface area contributed by atoms with Crippen LogP contribution in [0.25, 0.3) is 0 Å². The number of hydrogen-bond acceptors (Lipinski definition) is 2. The van der Waals surface area contributed by atoms with Crippen molar-refractivity contribution in [2.24, 2.45) is 0 Å². The van der Waals surface area contributed by atoms with Crippen molar-refractivity contribution in [3.05, 3.63) is 29.3 Å². The predicted molar refractivity (Wildman–Crippen MR) is 79.5 cm³/mol. The van der Waals surface area contributed by atoms with Crippen LogP contribution < -0.4 is 10.2 Å². The van der Waals surface area contributed by atoms with Crippen LogP contribution >= 0.6 is 0 Å². The lowest BCUT2D eigenvalue weighted by atomic mass is 10.1.